The van der Waals surface area contributed by atoms with Crippen LogP contribution in [0.2, 0.25) is 0 Å². The van der Waals surface area contributed by atoms with Crippen molar-refractivity contribution in [3.8, 4) is 0 Å². The Balaban J connectivity index is 1.45. The zero-order valence-electron chi connectivity index (χ0n) is 11.7. The first-order valence-electron chi connectivity index (χ1n) is 8.25. The van der Waals surface area contributed by atoms with Crippen LogP contribution in [-0.4, -0.2) is 18.5 Å². The predicted molar refractivity (Wildman–Crippen MR) is 74.2 cm³/mol. The fraction of sp³-hybridized carbons (Fsp3) is 0.938. The summed E-state index contributed by atoms with van der Waals surface area (Å²) >= 11 is 0. The van der Waals surface area contributed by atoms with E-state index in [4.69, 9.17) is 5.73 Å². The van der Waals surface area contributed by atoms with Crippen LogP contribution in [0.25, 0.3) is 0 Å². The Labute approximate surface area is 115 Å². The average Bonchev–Trinajstić information content (AvgIpc) is 3.18. The van der Waals surface area contributed by atoms with Gasteiger partial charge in [0, 0.05) is 18.5 Å². The van der Waals surface area contributed by atoms with Gasteiger partial charge < -0.3 is 11.1 Å². The molecule has 19 heavy (non-hydrogen) atoms. The highest BCUT2D eigenvalue weighted by atomic mass is 16.2. The van der Waals surface area contributed by atoms with E-state index in [2.05, 4.69) is 5.32 Å². The average molecular weight is 262 g/mol. The Morgan fingerprint density at radius 2 is 1.63 bits per heavy atom. The monoisotopic (exact) mass is 262 g/mol. The predicted octanol–water partition coefficient (Wildman–Crippen LogP) is 1.91. The Kier molecular flexibility index (Phi) is 2.87. The van der Waals surface area contributed by atoms with Crippen LogP contribution in [0.15, 0.2) is 0 Å². The Bertz CT molecular complexity index is 349. The Morgan fingerprint density at radius 1 is 1.05 bits per heavy atom. The first kappa shape index (κ1) is 12.2. The van der Waals surface area contributed by atoms with Gasteiger partial charge in [0.05, 0.1) is 0 Å². The molecule has 3 N–H and O–H groups in total. The van der Waals surface area contributed by atoms with E-state index in [1.54, 1.807) is 0 Å². The molecule has 5 saturated carbocycles. The van der Waals surface area contributed by atoms with Crippen molar-refractivity contribution in [1.29, 1.82) is 0 Å². The molecule has 1 unspecified atom stereocenters. The van der Waals surface area contributed by atoms with Crippen molar-refractivity contribution < 1.29 is 4.79 Å². The number of hydrogen-bond donors (Lipinski definition) is 2. The number of nitrogens with two attached hydrogens (primary N) is 1. The summed E-state index contributed by atoms with van der Waals surface area (Å²) in [4.78, 5) is 12.7. The molecule has 0 aromatic heterocycles. The van der Waals surface area contributed by atoms with Crippen molar-refractivity contribution in [3.05, 3.63) is 0 Å². The van der Waals surface area contributed by atoms with Crippen LogP contribution in [0.1, 0.15) is 44.9 Å². The van der Waals surface area contributed by atoms with Crippen molar-refractivity contribution in [2.24, 2.45) is 41.2 Å². The largest absolute Gasteiger partial charge is 0.352 e. The SMILES string of the molecule is NCC(NC(=O)C1C2CC3CC(C2)CC1C3)C1CC1. The van der Waals surface area contributed by atoms with E-state index in [1.807, 2.05) is 0 Å². The summed E-state index contributed by atoms with van der Waals surface area (Å²) in [6.07, 6.45) is 9.25. The normalized spacial score (nSPS) is 45.2. The van der Waals surface area contributed by atoms with Crippen molar-refractivity contribution in [3.63, 3.8) is 0 Å². The van der Waals surface area contributed by atoms with Gasteiger partial charge in [-0.15, -0.1) is 0 Å². The third kappa shape index (κ3) is 2.10. The molecule has 5 aliphatic carbocycles. The van der Waals surface area contributed by atoms with Gasteiger partial charge in [-0.25, -0.2) is 0 Å². The van der Waals surface area contributed by atoms with E-state index in [0.29, 0.717) is 36.1 Å². The summed E-state index contributed by atoms with van der Waals surface area (Å²) in [7, 11) is 0. The summed E-state index contributed by atoms with van der Waals surface area (Å²) in [6, 6.07) is 0.254. The van der Waals surface area contributed by atoms with Crippen LogP contribution < -0.4 is 11.1 Å². The summed E-state index contributed by atoms with van der Waals surface area (Å²) in [5, 5.41) is 3.29. The highest BCUT2D eigenvalue weighted by molar-refractivity contribution is 5.80. The first-order chi connectivity index (χ1) is 9.24. The number of rotatable bonds is 4. The minimum Gasteiger partial charge on any atom is -0.352 e. The molecule has 1 atom stereocenters. The van der Waals surface area contributed by atoms with Gasteiger partial charge in [0.1, 0.15) is 0 Å². The van der Waals surface area contributed by atoms with Gasteiger partial charge in [0.15, 0.2) is 0 Å². The quantitative estimate of drug-likeness (QED) is 0.813. The molecule has 5 fully saturated rings. The lowest BCUT2D eigenvalue weighted by Crippen LogP contribution is -2.53. The molecule has 0 aromatic rings. The summed E-state index contributed by atoms with van der Waals surface area (Å²) < 4.78 is 0. The lowest BCUT2D eigenvalue weighted by atomic mass is 9.51. The van der Waals surface area contributed by atoms with Gasteiger partial charge in [0.25, 0.3) is 0 Å². The molecule has 0 aliphatic heterocycles. The van der Waals surface area contributed by atoms with Gasteiger partial charge in [-0.05, 0) is 74.5 Å². The number of hydrogen-bond acceptors (Lipinski definition) is 2. The van der Waals surface area contributed by atoms with Gasteiger partial charge in [-0.3, -0.25) is 4.79 Å². The second-order valence-electron chi connectivity index (χ2n) is 7.64. The molecule has 4 bridgehead atoms. The van der Waals surface area contributed by atoms with E-state index in [1.165, 1.54) is 44.9 Å². The molecular weight excluding hydrogens is 236 g/mol. The van der Waals surface area contributed by atoms with Crippen molar-refractivity contribution in [2.75, 3.05) is 6.54 Å². The molecular formula is C16H26N2O. The standard InChI is InChI=1S/C16H26N2O/c17-8-14(11-1-2-11)18-16(19)15-12-4-9-3-10(6-12)7-13(15)5-9/h9-15H,1-8,17H2,(H,18,19). The van der Waals surface area contributed by atoms with E-state index in [9.17, 15) is 4.79 Å². The number of nitrogens with one attached hydrogen (secondary N) is 1. The van der Waals surface area contributed by atoms with Gasteiger partial charge in [-0.1, -0.05) is 0 Å². The van der Waals surface area contributed by atoms with Crippen molar-refractivity contribution in [2.45, 2.75) is 51.0 Å². The fourth-order valence-corrected chi connectivity index (χ4v) is 5.50. The molecule has 0 spiro atoms. The number of carbonyl (C=O) groups excluding carboxylic acids is 1. The third-order valence-electron chi connectivity index (χ3n) is 6.30. The van der Waals surface area contributed by atoms with E-state index in [0.717, 1.165) is 11.8 Å². The molecule has 5 rings (SSSR count). The molecule has 3 nitrogen and oxygen atoms in total. The highest BCUT2D eigenvalue weighted by Crippen LogP contribution is 2.56. The molecule has 0 aromatic carbocycles. The van der Waals surface area contributed by atoms with Crippen LogP contribution in [0.3, 0.4) is 0 Å². The van der Waals surface area contributed by atoms with Gasteiger partial charge in [-0.2, -0.15) is 0 Å². The first-order valence-corrected chi connectivity index (χ1v) is 8.25. The van der Waals surface area contributed by atoms with Crippen molar-refractivity contribution >= 4 is 5.91 Å². The van der Waals surface area contributed by atoms with Crippen LogP contribution in [-0.2, 0) is 4.79 Å². The highest BCUT2D eigenvalue weighted by Gasteiger charge is 2.51. The van der Waals surface area contributed by atoms with Crippen LogP contribution in [0.4, 0.5) is 0 Å². The maximum Gasteiger partial charge on any atom is 0.223 e. The molecule has 3 heteroatoms. The summed E-state index contributed by atoms with van der Waals surface area (Å²) in [5.41, 5.74) is 5.82. The fourth-order valence-electron chi connectivity index (χ4n) is 5.50. The van der Waals surface area contributed by atoms with Crippen molar-refractivity contribution in [1.82, 2.24) is 5.32 Å². The molecule has 5 aliphatic rings. The van der Waals surface area contributed by atoms with Crippen LogP contribution in [0, 0.1) is 35.5 Å². The maximum atomic E-state index is 12.7. The van der Waals surface area contributed by atoms with Crippen LogP contribution >= 0.6 is 0 Å². The van der Waals surface area contributed by atoms with E-state index in [-0.39, 0.29) is 6.04 Å². The molecule has 0 radical (unpaired) electrons. The third-order valence-corrected chi connectivity index (χ3v) is 6.30. The maximum absolute atomic E-state index is 12.7. The zero-order chi connectivity index (χ0) is 13.0. The van der Waals surface area contributed by atoms with Gasteiger partial charge >= 0.3 is 0 Å². The number of carbonyl (C=O) groups is 1. The van der Waals surface area contributed by atoms with Gasteiger partial charge in [0.2, 0.25) is 5.91 Å². The summed E-state index contributed by atoms with van der Waals surface area (Å²) in [5.74, 6) is 4.60. The van der Waals surface area contributed by atoms with Crippen LogP contribution in [0.5, 0.6) is 0 Å². The van der Waals surface area contributed by atoms with E-state index < -0.39 is 0 Å². The zero-order valence-corrected chi connectivity index (χ0v) is 11.7. The minimum absolute atomic E-state index is 0.254. The Hall–Kier alpha value is -0.570. The number of amides is 1. The molecule has 0 saturated heterocycles. The lowest BCUT2D eigenvalue weighted by molar-refractivity contribution is -0.139. The second kappa shape index (κ2) is 4.47. The molecule has 0 heterocycles. The topological polar surface area (TPSA) is 55.1 Å². The Morgan fingerprint density at radius 3 is 2.11 bits per heavy atom. The molecule has 106 valence electrons. The minimum atomic E-state index is 0.254. The molecule has 1 amide bonds. The van der Waals surface area contributed by atoms with E-state index >= 15 is 0 Å². The summed E-state index contributed by atoms with van der Waals surface area (Å²) in [6.45, 7) is 0.615. The second-order valence-corrected chi connectivity index (χ2v) is 7.64. The smallest absolute Gasteiger partial charge is 0.223 e. The lowest BCUT2D eigenvalue weighted by Gasteiger charge is -2.53.